The van der Waals surface area contributed by atoms with Crippen LogP contribution in [0.4, 0.5) is 5.82 Å². The molecule has 0 spiro atoms. The number of thiophene rings is 1. The van der Waals surface area contributed by atoms with E-state index in [9.17, 15) is 0 Å². The Kier molecular flexibility index (Phi) is 5.28. The number of nitrogens with zero attached hydrogens (tertiary/aromatic N) is 4. The van der Waals surface area contributed by atoms with Crippen LogP contribution in [0.5, 0.6) is 0 Å². The van der Waals surface area contributed by atoms with Crippen molar-refractivity contribution in [1.29, 1.82) is 0 Å². The highest BCUT2D eigenvalue weighted by molar-refractivity contribution is 7.19. The highest BCUT2D eigenvalue weighted by Gasteiger charge is 2.22. The molecule has 0 atom stereocenters. The summed E-state index contributed by atoms with van der Waals surface area (Å²) in [5.41, 5.74) is 1.48. The van der Waals surface area contributed by atoms with Gasteiger partial charge in [0.1, 0.15) is 16.5 Å². The highest BCUT2D eigenvalue weighted by atomic mass is 32.1. The Hall–Kier alpha value is -1.61. The van der Waals surface area contributed by atoms with Crippen molar-refractivity contribution in [3.63, 3.8) is 0 Å². The van der Waals surface area contributed by atoms with E-state index in [1.165, 1.54) is 40.0 Å². The minimum Gasteiger partial charge on any atom is -0.379 e. The van der Waals surface area contributed by atoms with Crippen LogP contribution in [0, 0.1) is 6.92 Å². The van der Waals surface area contributed by atoms with Gasteiger partial charge in [-0.1, -0.05) is 0 Å². The molecule has 1 aliphatic carbocycles. The first-order chi connectivity index (χ1) is 13.8. The molecule has 8 heteroatoms. The molecular formula is C20H25N5OS2. The maximum Gasteiger partial charge on any atom is 0.146 e. The van der Waals surface area contributed by atoms with Gasteiger partial charge in [-0.2, -0.15) is 0 Å². The SMILES string of the molecule is Cc1ncc(CNc2nc(CN3CCOCC3)nc3sc4c(c23)CCCC4)s1. The lowest BCUT2D eigenvalue weighted by Gasteiger charge is -2.25. The van der Waals surface area contributed by atoms with Crippen molar-refractivity contribution in [3.8, 4) is 0 Å². The van der Waals surface area contributed by atoms with Gasteiger partial charge in [-0.15, -0.1) is 22.7 Å². The second-order valence-electron chi connectivity index (χ2n) is 7.47. The monoisotopic (exact) mass is 415 g/mol. The third kappa shape index (κ3) is 3.78. The van der Waals surface area contributed by atoms with Crippen LogP contribution >= 0.6 is 22.7 Å². The molecule has 2 aliphatic rings. The molecule has 3 aromatic rings. The normalized spacial score (nSPS) is 17.8. The van der Waals surface area contributed by atoms with Crippen molar-refractivity contribution in [2.24, 2.45) is 0 Å². The topological polar surface area (TPSA) is 63.2 Å². The van der Waals surface area contributed by atoms with Gasteiger partial charge in [-0.25, -0.2) is 15.0 Å². The summed E-state index contributed by atoms with van der Waals surface area (Å²) in [6, 6.07) is 0. The molecule has 4 heterocycles. The maximum atomic E-state index is 5.48. The summed E-state index contributed by atoms with van der Waals surface area (Å²) in [5.74, 6) is 1.91. The largest absolute Gasteiger partial charge is 0.379 e. The number of fused-ring (bicyclic) bond motifs is 3. The van der Waals surface area contributed by atoms with E-state index in [4.69, 9.17) is 14.7 Å². The Morgan fingerprint density at radius 2 is 2.00 bits per heavy atom. The second kappa shape index (κ2) is 8.02. The van der Waals surface area contributed by atoms with Crippen molar-refractivity contribution in [1.82, 2.24) is 19.9 Å². The van der Waals surface area contributed by atoms with E-state index in [2.05, 4.69) is 15.2 Å². The number of aromatic nitrogens is 3. The lowest BCUT2D eigenvalue weighted by molar-refractivity contribution is 0.0331. The molecule has 5 rings (SSSR count). The molecular weight excluding hydrogens is 390 g/mol. The number of hydrogen-bond donors (Lipinski definition) is 1. The molecule has 0 radical (unpaired) electrons. The van der Waals surface area contributed by atoms with Gasteiger partial charge in [-0.3, -0.25) is 4.90 Å². The predicted molar refractivity (Wildman–Crippen MR) is 114 cm³/mol. The van der Waals surface area contributed by atoms with E-state index in [1.807, 2.05) is 24.5 Å². The first-order valence-corrected chi connectivity index (χ1v) is 11.7. The lowest BCUT2D eigenvalue weighted by atomic mass is 9.97. The van der Waals surface area contributed by atoms with Crippen molar-refractivity contribution in [2.75, 3.05) is 31.6 Å². The van der Waals surface area contributed by atoms with E-state index in [0.29, 0.717) is 0 Å². The minimum atomic E-state index is 0.763. The molecule has 0 saturated carbocycles. The van der Waals surface area contributed by atoms with Crippen LogP contribution in [0.1, 0.15) is 39.0 Å². The van der Waals surface area contributed by atoms with Crippen LogP contribution in [0.15, 0.2) is 6.20 Å². The number of nitrogens with one attached hydrogen (secondary N) is 1. The fraction of sp³-hybridized carbons (Fsp3) is 0.550. The molecule has 1 saturated heterocycles. The summed E-state index contributed by atoms with van der Waals surface area (Å²) in [7, 11) is 0. The molecule has 3 aromatic heterocycles. The zero-order valence-electron chi connectivity index (χ0n) is 16.2. The predicted octanol–water partition coefficient (Wildman–Crippen LogP) is 3.78. The van der Waals surface area contributed by atoms with Crippen molar-refractivity contribution in [3.05, 3.63) is 32.3 Å². The van der Waals surface area contributed by atoms with Crippen LogP contribution in [0.3, 0.4) is 0 Å². The Bertz CT molecular complexity index is 977. The van der Waals surface area contributed by atoms with E-state index >= 15 is 0 Å². The number of aryl methyl sites for hydroxylation is 3. The molecule has 0 bridgehead atoms. The van der Waals surface area contributed by atoms with Crippen molar-refractivity contribution < 1.29 is 4.74 Å². The standard InChI is InChI=1S/C20H25N5OS2/c1-13-21-10-14(27-13)11-22-19-18-15-4-2-3-5-16(15)28-20(18)24-17(23-19)12-25-6-8-26-9-7-25/h10H,2-9,11-12H2,1H3,(H,22,23,24). The Morgan fingerprint density at radius 3 is 2.82 bits per heavy atom. The van der Waals surface area contributed by atoms with Gasteiger partial charge < -0.3 is 10.1 Å². The molecule has 0 unspecified atom stereocenters. The Balaban J connectivity index is 1.48. The fourth-order valence-electron chi connectivity index (χ4n) is 4.02. The number of rotatable bonds is 5. The molecule has 1 N–H and O–H groups in total. The molecule has 28 heavy (non-hydrogen) atoms. The van der Waals surface area contributed by atoms with Crippen LogP contribution in [-0.4, -0.2) is 46.2 Å². The molecule has 0 amide bonds. The Labute approximate surface area is 173 Å². The van der Waals surface area contributed by atoms with Crippen molar-refractivity contribution >= 4 is 38.7 Å². The zero-order valence-corrected chi connectivity index (χ0v) is 17.8. The maximum absolute atomic E-state index is 5.48. The van der Waals surface area contributed by atoms with Gasteiger partial charge in [-0.05, 0) is 38.2 Å². The third-order valence-electron chi connectivity index (χ3n) is 5.43. The van der Waals surface area contributed by atoms with Gasteiger partial charge in [0.05, 0.1) is 36.7 Å². The summed E-state index contributed by atoms with van der Waals surface area (Å²) in [6.45, 7) is 7.09. The summed E-state index contributed by atoms with van der Waals surface area (Å²) < 4.78 is 5.48. The van der Waals surface area contributed by atoms with E-state index < -0.39 is 0 Å². The van der Waals surface area contributed by atoms with E-state index in [0.717, 1.165) is 67.3 Å². The molecule has 0 aromatic carbocycles. The summed E-state index contributed by atoms with van der Waals surface area (Å²) in [5, 5.41) is 5.97. The molecule has 148 valence electrons. The van der Waals surface area contributed by atoms with E-state index in [1.54, 1.807) is 11.3 Å². The van der Waals surface area contributed by atoms with Gasteiger partial charge in [0.25, 0.3) is 0 Å². The van der Waals surface area contributed by atoms with Gasteiger partial charge in [0.15, 0.2) is 0 Å². The van der Waals surface area contributed by atoms with Crippen molar-refractivity contribution in [2.45, 2.75) is 45.7 Å². The van der Waals surface area contributed by atoms with Gasteiger partial charge in [0, 0.05) is 29.0 Å². The van der Waals surface area contributed by atoms with Crippen LogP contribution in [-0.2, 0) is 30.7 Å². The van der Waals surface area contributed by atoms with Gasteiger partial charge >= 0.3 is 0 Å². The Morgan fingerprint density at radius 1 is 1.14 bits per heavy atom. The van der Waals surface area contributed by atoms with Crippen LogP contribution < -0.4 is 5.32 Å². The third-order valence-corrected chi connectivity index (χ3v) is 7.53. The first-order valence-electron chi connectivity index (χ1n) is 10.0. The lowest BCUT2D eigenvalue weighted by Crippen LogP contribution is -2.36. The average Bonchev–Trinajstić information content (AvgIpc) is 3.30. The number of ether oxygens (including phenoxy) is 1. The summed E-state index contributed by atoms with van der Waals surface area (Å²) >= 11 is 3.61. The van der Waals surface area contributed by atoms with Crippen LogP contribution in [0.25, 0.3) is 10.2 Å². The zero-order chi connectivity index (χ0) is 18.9. The number of hydrogen-bond acceptors (Lipinski definition) is 8. The smallest absolute Gasteiger partial charge is 0.146 e. The highest BCUT2D eigenvalue weighted by Crippen LogP contribution is 2.39. The average molecular weight is 416 g/mol. The summed E-state index contributed by atoms with van der Waals surface area (Å²) in [6.07, 6.45) is 6.85. The quantitative estimate of drug-likeness (QED) is 0.684. The minimum absolute atomic E-state index is 0.763. The fourth-order valence-corrected chi connectivity index (χ4v) is 6.03. The van der Waals surface area contributed by atoms with E-state index in [-0.39, 0.29) is 0 Å². The number of thiazole rings is 1. The number of anilines is 1. The molecule has 1 aliphatic heterocycles. The number of morpholine rings is 1. The molecule has 1 fully saturated rings. The van der Waals surface area contributed by atoms with Gasteiger partial charge in [0.2, 0.25) is 0 Å². The van der Waals surface area contributed by atoms with Crippen LogP contribution in [0.2, 0.25) is 0 Å². The molecule has 6 nitrogen and oxygen atoms in total. The first kappa shape index (κ1) is 18.4. The second-order valence-corrected chi connectivity index (χ2v) is 9.87. The summed E-state index contributed by atoms with van der Waals surface area (Å²) in [4.78, 5) is 20.6.